The quantitative estimate of drug-likeness (QED) is 0.644. The number of hydrogen-bond acceptors (Lipinski definition) is 4. The largest absolute Gasteiger partial charge is 0.383 e. The second-order valence-corrected chi connectivity index (χ2v) is 2.95. The van der Waals surface area contributed by atoms with Gasteiger partial charge in [-0.3, -0.25) is 4.57 Å². The second-order valence-electron chi connectivity index (χ2n) is 2.95. The summed E-state index contributed by atoms with van der Waals surface area (Å²) in [6.07, 6.45) is 5.29. The lowest BCUT2D eigenvalue weighted by atomic mass is 10.3. The summed E-state index contributed by atoms with van der Waals surface area (Å²) in [5, 5.41) is 0. The van der Waals surface area contributed by atoms with Crippen LogP contribution in [-0.2, 0) is 6.54 Å². The van der Waals surface area contributed by atoms with E-state index in [1.54, 1.807) is 12.3 Å². The number of nitrogens with two attached hydrogens (primary N) is 2. The first-order valence-electron chi connectivity index (χ1n) is 4.33. The van der Waals surface area contributed by atoms with Crippen LogP contribution in [0.4, 0.5) is 5.82 Å². The summed E-state index contributed by atoms with van der Waals surface area (Å²) in [6.45, 7) is 2.76. The molecule has 0 aromatic carbocycles. The van der Waals surface area contributed by atoms with Crippen LogP contribution < -0.4 is 17.2 Å². The number of aryl methyl sites for hydroxylation is 1. The Hall–Kier alpha value is -1.62. The Bertz CT molecular complexity index is 394. The highest BCUT2D eigenvalue weighted by Crippen LogP contribution is 2.01. The van der Waals surface area contributed by atoms with E-state index in [1.807, 2.05) is 13.0 Å². The molecule has 0 unspecified atom stereocenters. The van der Waals surface area contributed by atoms with Gasteiger partial charge in [-0.25, -0.2) is 4.79 Å². The molecule has 0 saturated carbocycles. The molecule has 0 amide bonds. The number of nitrogen functional groups attached to an aromatic ring is 1. The first-order valence-corrected chi connectivity index (χ1v) is 4.33. The average molecular weight is 194 g/mol. The fourth-order valence-electron chi connectivity index (χ4n) is 1.03. The third-order valence-electron chi connectivity index (χ3n) is 1.82. The van der Waals surface area contributed by atoms with E-state index in [4.69, 9.17) is 11.5 Å². The molecule has 1 heterocycles. The highest BCUT2D eigenvalue weighted by Gasteiger charge is 1.99. The molecule has 0 aliphatic carbocycles. The van der Waals surface area contributed by atoms with E-state index in [2.05, 4.69) is 4.98 Å². The number of nitrogens with zero attached hydrogens (tertiary/aromatic N) is 2. The Kier molecular flexibility index (Phi) is 3.41. The van der Waals surface area contributed by atoms with Gasteiger partial charge in [-0.1, -0.05) is 12.2 Å². The molecule has 0 radical (unpaired) electrons. The maximum atomic E-state index is 11.3. The van der Waals surface area contributed by atoms with Gasteiger partial charge in [0, 0.05) is 24.8 Å². The molecular formula is C9H14N4O. The minimum Gasteiger partial charge on any atom is -0.383 e. The molecule has 0 atom stereocenters. The summed E-state index contributed by atoms with van der Waals surface area (Å²) in [5.74, 6) is 0.286. The Balaban J connectivity index is 2.93. The van der Waals surface area contributed by atoms with E-state index in [9.17, 15) is 4.79 Å². The van der Waals surface area contributed by atoms with Gasteiger partial charge in [0.2, 0.25) is 0 Å². The minimum absolute atomic E-state index is 0.286. The van der Waals surface area contributed by atoms with Crippen molar-refractivity contribution in [3.63, 3.8) is 0 Å². The molecule has 1 aromatic heterocycles. The molecule has 0 aliphatic heterocycles. The van der Waals surface area contributed by atoms with Crippen molar-refractivity contribution in [3.8, 4) is 0 Å². The lowest BCUT2D eigenvalue weighted by molar-refractivity contribution is 0.738. The smallest absolute Gasteiger partial charge is 0.349 e. The predicted molar refractivity (Wildman–Crippen MR) is 55.8 cm³/mol. The summed E-state index contributed by atoms with van der Waals surface area (Å²) in [4.78, 5) is 15.0. The molecule has 0 saturated heterocycles. The van der Waals surface area contributed by atoms with Gasteiger partial charge in [0.25, 0.3) is 0 Å². The minimum atomic E-state index is -0.338. The summed E-state index contributed by atoms with van der Waals surface area (Å²) in [6, 6.07) is 0. The van der Waals surface area contributed by atoms with Crippen LogP contribution in [-0.4, -0.2) is 16.1 Å². The molecule has 0 spiro atoms. The van der Waals surface area contributed by atoms with Crippen molar-refractivity contribution in [2.75, 3.05) is 12.3 Å². The van der Waals surface area contributed by atoms with Crippen LogP contribution in [0.15, 0.2) is 23.1 Å². The van der Waals surface area contributed by atoms with Crippen LogP contribution in [0.2, 0.25) is 0 Å². The third kappa shape index (κ3) is 2.43. The second kappa shape index (κ2) is 4.57. The van der Waals surface area contributed by atoms with E-state index in [-0.39, 0.29) is 11.5 Å². The normalized spacial score (nSPS) is 11.0. The lowest BCUT2D eigenvalue weighted by Gasteiger charge is -2.03. The monoisotopic (exact) mass is 194 g/mol. The van der Waals surface area contributed by atoms with E-state index < -0.39 is 0 Å². The van der Waals surface area contributed by atoms with E-state index in [0.717, 1.165) is 5.56 Å². The SMILES string of the molecule is Cc1cn(C/C=C\CN)c(=O)nc1N. The van der Waals surface area contributed by atoms with Gasteiger partial charge in [-0.15, -0.1) is 0 Å². The molecule has 76 valence electrons. The predicted octanol–water partition coefficient (Wildman–Crippen LogP) is -0.351. The maximum Gasteiger partial charge on any atom is 0.349 e. The molecule has 0 bridgehead atoms. The van der Waals surface area contributed by atoms with Crippen molar-refractivity contribution in [3.05, 3.63) is 34.4 Å². The number of aromatic nitrogens is 2. The first-order chi connectivity index (χ1) is 6.65. The molecule has 14 heavy (non-hydrogen) atoms. The van der Waals surface area contributed by atoms with Gasteiger partial charge in [-0.05, 0) is 6.92 Å². The lowest BCUT2D eigenvalue weighted by Crippen LogP contribution is -2.23. The van der Waals surface area contributed by atoms with Crippen molar-refractivity contribution in [1.29, 1.82) is 0 Å². The van der Waals surface area contributed by atoms with Gasteiger partial charge in [0.05, 0.1) is 0 Å². The van der Waals surface area contributed by atoms with Gasteiger partial charge >= 0.3 is 5.69 Å². The summed E-state index contributed by atoms with van der Waals surface area (Å²) in [5.41, 5.74) is 11.2. The highest BCUT2D eigenvalue weighted by atomic mass is 16.1. The molecule has 0 fully saturated rings. The fourth-order valence-corrected chi connectivity index (χ4v) is 1.03. The van der Waals surface area contributed by atoms with Crippen molar-refractivity contribution in [2.45, 2.75) is 13.5 Å². The van der Waals surface area contributed by atoms with Gasteiger partial charge in [0.15, 0.2) is 0 Å². The maximum absolute atomic E-state index is 11.3. The molecule has 4 N–H and O–H groups in total. The Morgan fingerprint density at radius 3 is 2.93 bits per heavy atom. The summed E-state index contributed by atoms with van der Waals surface area (Å²) >= 11 is 0. The molecule has 5 nitrogen and oxygen atoms in total. The standard InChI is InChI=1S/C9H14N4O/c1-7-6-13(5-3-2-4-10)9(14)12-8(7)11/h2-3,6H,4-5,10H2,1H3,(H2,11,12,14)/b3-2-. The van der Waals surface area contributed by atoms with Crippen molar-refractivity contribution < 1.29 is 0 Å². The van der Waals surface area contributed by atoms with Crippen LogP contribution >= 0.6 is 0 Å². The van der Waals surface area contributed by atoms with Crippen LogP contribution in [0.25, 0.3) is 0 Å². The highest BCUT2D eigenvalue weighted by molar-refractivity contribution is 5.35. The number of allylic oxidation sites excluding steroid dienone is 1. The van der Waals surface area contributed by atoms with Crippen LogP contribution in [0.1, 0.15) is 5.56 Å². The number of anilines is 1. The van der Waals surface area contributed by atoms with E-state index in [1.165, 1.54) is 4.57 Å². The van der Waals surface area contributed by atoms with Gasteiger partial charge in [0.1, 0.15) is 5.82 Å². The van der Waals surface area contributed by atoms with Crippen LogP contribution in [0, 0.1) is 6.92 Å². The third-order valence-corrected chi connectivity index (χ3v) is 1.82. The summed E-state index contributed by atoms with van der Waals surface area (Å²) in [7, 11) is 0. The molecular weight excluding hydrogens is 180 g/mol. The number of hydrogen-bond donors (Lipinski definition) is 2. The van der Waals surface area contributed by atoms with E-state index in [0.29, 0.717) is 13.1 Å². The van der Waals surface area contributed by atoms with Gasteiger partial charge in [-0.2, -0.15) is 4.98 Å². The topological polar surface area (TPSA) is 86.9 Å². The molecule has 1 aromatic rings. The molecule has 5 heteroatoms. The van der Waals surface area contributed by atoms with E-state index >= 15 is 0 Å². The molecule has 0 aliphatic rings. The Morgan fingerprint density at radius 1 is 1.57 bits per heavy atom. The van der Waals surface area contributed by atoms with Gasteiger partial charge < -0.3 is 11.5 Å². The number of rotatable bonds is 3. The zero-order valence-electron chi connectivity index (χ0n) is 8.10. The van der Waals surface area contributed by atoms with Crippen molar-refractivity contribution in [1.82, 2.24) is 9.55 Å². The zero-order chi connectivity index (χ0) is 10.6. The molecule has 1 rings (SSSR count). The fraction of sp³-hybridized carbons (Fsp3) is 0.333. The Morgan fingerprint density at radius 2 is 2.29 bits per heavy atom. The first kappa shape index (κ1) is 10.5. The van der Waals surface area contributed by atoms with Crippen molar-refractivity contribution >= 4 is 5.82 Å². The Labute approximate surface area is 82.1 Å². The van der Waals surface area contributed by atoms with Crippen molar-refractivity contribution in [2.24, 2.45) is 5.73 Å². The average Bonchev–Trinajstić information content (AvgIpc) is 2.14. The zero-order valence-corrected chi connectivity index (χ0v) is 8.10. The van der Waals surface area contributed by atoms with Crippen LogP contribution in [0.5, 0.6) is 0 Å². The van der Waals surface area contributed by atoms with Crippen LogP contribution in [0.3, 0.4) is 0 Å². The summed E-state index contributed by atoms with van der Waals surface area (Å²) < 4.78 is 1.48.